The molecule has 0 bridgehead atoms. The second-order valence-corrected chi connectivity index (χ2v) is 6.46. The van der Waals surface area contributed by atoms with Gasteiger partial charge < -0.3 is 10.0 Å². The minimum atomic E-state index is -0.232. The van der Waals surface area contributed by atoms with Crippen LogP contribution in [0, 0.1) is 11.7 Å². The van der Waals surface area contributed by atoms with Crippen molar-refractivity contribution in [1.82, 2.24) is 4.90 Å². The summed E-state index contributed by atoms with van der Waals surface area (Å²) in [5.41, 5.74) is 0.617. The maximum Gasteiger partial charge on any atom is 0.128 e. The van der Waals surface area contributed by atoms with Gasteiger partial charge in [-0.25, -0.2) is 4.39 Å². The van der Waals surface area contributed by atoms with E-state index in [2.05, 4.69) is 25.8 Å². The fourth-order valence-corrected chi connectivity index (χ4v) is 3.20. The Hall–Kier alpha value is -1.20. The third-order valence-electron chi connectivity index (χ3n) is 4.00. The zero-order valence-electron chi connectivity index (χ0n) is 11.6. The Labute approximate surface area is 132 Å². The van der Waals surface area contributed by atoms with E-state index >= 15 is 0 Å². The van der Waals surface area contributed by atoms with Gasteiger partial charge in [-0.3, -0.25) is 4.99 Å². The van der Waals surface area contributed by atoms with Crippen LogP contribution >= 0.6 is 15.9 Å². The molecule has 3 rings (SSSR count). The predicted molar refractivity (Wildman–Crippen MR) is 84.7 cm³/mol. The van der Waals surface area contributed by atoms with E-state index in [1.165, 1.54) is 6.07 Å². The molecule has 0 amide bonds. The molecule has 3 nitrogen and oxygen atoms in total. The Balaban J connectivity index is 1.95. The van der Waals surface area contributed by atoms with Crippen LogP contribution in [-0.2, 0) is 0 Å². The van der Waals surface area contributed by atoms with Gasteiger partial charge >= 0.3 is 0 Å². The predicted octanol–water partition coefficient (Wildman–Crippen LogP) is 3.61. The highest BCUT2D eigenvalue weighted by atomic mass is 79.9. The number of halogens is 2. The normalized spacial score (nSPS) is 23.1. The van der Waals surface area contributed by atoms with Gasteiger partial charge in [-0.05, 0) is 47.2 Å². The van der Waals surface area contributed by atoms with Gasteiger partial charge in [-0.1, -0.05) is 18.2 Å². The Bertz CT molecular complexity index is 571. The molecular formula is C16H18BrFN2O. The van der Waals surface area contributed by atoms with Crippen LogP contribution in [0.3, 0.4) is 0 Å². The molecule has 0 radical (unpaired) electrons. The molecule has 0 aromatic heterocycles. The molecule has 1 aliphatic heterocycles. The summed E-state index contributed by atoms with van der Waals surface area (Å²) in [6, 6.07) is 6.58. The van der Waals surface area contributed by atoms with Crippen molar-refractivity contribution in [3.63, 3.8) is 0 Å². The summed E-state index contributed by atoms with van der Waals surface area (Å²) in [5.74, 6) is 0.302. The average molecular weight is 353 g/mol. The van der Waals surface area contributed by atoms with Gasteiger partial charge in [0, 0.05) is 24.6 Å². The maximum absolute atomic E-state index is 14.2. The maximum atomic E-state index is 14.2. The van der Waals surface area contributed by atoms with Crippen molar-refractivity contribution in [2.24, 2.45) is 10.9 Å². The van der Waals surface area contributed by atoms with E-state index in [0.29, 0.717) is 17.9 Å². The molecule has 2 atom stereocenters. The molecular weight excluding hydrogens is 335 g/mol. The van der Waals surface area contributed by atoms with Gasteiger partial charge in [0.2, 0.25) is 0 Å². The lowest BCUT2D eigenvalue weighted by atomic mass is 10.00. The number of benzene rings is 1. The van der Waals surface area contributed by atoms with Crippen LogP contribution in [0.1, 0.15) is 30.9 Å². The number of nitrogens with zero attached hydrogens (tertiary/aromatic N) is 2. The van der Waals surface area contributed by atoms with E-state index in [0.717, 1.165) is 17.3 Å². The molecule has 1 fully saturated rings. The van der Waals surface area contributed by atoms with E-state index < -0.39 is 0 Å². The summed E-state index contributed by atoms with van der Waals surface area (Å²) in [6.07, 6.45) is 6.64. The lowest BCUT2D eigenvalue weighted by Gasteiger charge is -2.37. The summed E-state index contributed by atoms with van der Waals surface area (Å²) >= 11 is 3.45. The zero-order chi connectivity index (χ0) is 14.8. The van der Waals surface area contributed by atoms with Gasteiger partial charge in [0.05, 0.1) is 10.5 Å². The minimum absolute atomic E-state index is 0.0159. The molecule has 2 unspecified atom stereocenters. The van der Waals surface area contributed by atoms with Crippen LogP contribution in [0.15, 0.2) is 39.9 Å². The quantitative estimate of drug-likeness (QED) is 0.878. The largest absolute Gasteiger partial charge is 0.396 e. The molecule has 1 N–H and O–H groups in total. The molecule has 112 valence electrons. The van der Waals surface area contributed by atoms with Crippen molar-refractivity contribution in [2.45, 2.75) is 31.5 Å². The summed E-state index contributed by atoms with van der Waals surface area (Å²) in [7, 11) is 0. The van der Waals surface area contributed by atoms with Gasteiger partial charge in [0.15, 0.2) is 0 Å². The summed E-state index contributed by atoms with van der Waals surface area (Å²) < 4.78 is 15.1. The Morgan fingerprint density at radius 3 is 2.81 bits per heavy atom. The van der Waals surface area contributed by atoms with Crippen LogP contribution in [-0.4, -0.2) is 29.0 Å². The summed E-state index contributed by atoms with van der Waals surface area (Å²) in [5, 5.41) is 9.41. The standard InChI is InChI=1S/C16H18BrFN2O/c17-12-9-19-16(11-5-6-11)20(10-12)15(7-8-21)13-3-1-2-4-14(13)18/h1-4,9-11,15-16,21H,5-8H2. The van der Waals surface area contributed by atoms with Crippen LogP contribution < -0.4 is 0 Å². The summed E-state index contributed by atoms with van der Waals surface area (Å²) in [4.78, 5) is 6.69. The smallest absolute Gasteiger partial charge is 0.128 e. The highest BCUT2D eigenvalue weighted by Gasteiger charge is 2.38. The van der Waals surface area contributed by atoms with Crippen molar-refractivity contribution in [3.8, 4) is 0 Å². The first kappa shape index (κ1) is 14.7. The molecule has 1 saturated carbocycles. The first-order chi connectivity index (χ1) is 10.2. The fourth-order valence-electron chi connectivity index (χ4n) is 2.84. The zero-order valence-corrected chi connectivity index (χ0v) is 13.2. The molecule has 1 aromatic carbocycles. The number of allylic oxidation sites excluding steroid dienone is 1. The van der Waals surface area contributed by atoms with Crippen LogP contribution in [0.5, 0.6) is 0 Å². The van der Waals surface area contributed by atoms with E-state index in [9.17, 15) is 9.50 Å². The van der Waals surface area contributed by atoms with Gasteiger partial charge in [0.1, 0.15) is 12.0 Å². The Morgan fingerprint density at radius 1 is 1.38 bits per heavy atom. The second-order valence-electron chi connectivity index (χ2n) is 5.54. The lowest BCUT2D eigenvalue weighted by molar-refractivity contribution is 0.149. The van der Waals surface area contributed by atoms with E-state index in [1.54, 1.807) is 12.1 Å². The number of hydrogen-bond donors (Lipinski definition) is 1. The van der Waals surface area contributed by atoms with Crippen LogP contribution in [0.4, 0.5) is 4.39 Å². The lowest BCUT2D eigenvalue weighted by Crippen LogP contribution is -2.37. The third-order valence-corrected chi connectivity index (χ3v) is 4.41. The second kappa shape index (κ2) is 6.28. The minimum Gasteiger partial charge on any atom is -0.396 e. The highest BCUT2D eigenvalue weighted by molar-refractivity contribution is 9.12. The van der Waals surface area contributed by atoms with Crippen molar-refractivity contribution in [1.29, 1.82) is 0 Å². The highest BCUT2D eigenvalue weighted by Crippen LogP contribution is 2.42. The topological polar surface area (TPSA) is 35.8 Å². The van der Waals surface area contributed by atoms with Crippen molar-refractivity contribution in [3.05, 3.63) is 46.3 Å². The molecule has 0 saturated heterocycles. The summed E-state index contributed by atoms with van der Waals surface area (Å²) in [6.45, 7) is 0.0159. The Morgan fingerprint density at radius 2 is 2.14 bits per heavy atom. The first-order valence-electron chi connectivity index (χ1n) is 7.24. The molecule has 21 heavy (non-hydrogen) atoms. The van der Waals surface area contributed by atoms with Gasteiger partial charge in [-0.15, -0.1) is 0 Å². The van der Waals surface area contributed by atoms with Crippen LogP contribution in [0.25, 0.3) is 0 Å². The monoisotopic (exact) mass is 352 g/mol. The number of aliphatic imine (C=N–C) groups is 1. The fraction of sp³-hybridized carbons (Fsp3) is 0.438. The van der Waals surface area contributed by atoms with Crippen molar-refractivity contribution < 1.29 is 9.50 Å². The van der Waals surface area contributed by atoms with E-state index in [1.807, 2.05) is 18.5 Å². The molecule has 0 spiro atoms. The third kappa shape index (κ3) is 3.19. The van der Waals surface area contributed by atoms with Crippen molar-refractivity contribution in [2.75, 3.05) is 6.61 Å². The van der Waals surface area contributed by atoms with E-state index in [-0.39, 0.29) is 24.6 Å². The van der Waals surface area contributed by atoms with Crippen molar-refractivity contribution >= 4 is 22.1 Å². The number of rotatable bonds is 5. The molecule has 5 heteroatoms. The first-order valence-corrected chi connectivity index (χ1v) is 8.03. The Kier molecular flexibility index (Phi) is 4.40. The van der Waals surface area contributed by atoms with Gasteiger partial charge in [0.25, 0.3) is 0 Å². The molecule has 1 aromatic rings. The van der Waals surface area contributed by atoms with Crippen LogP contribution in [0.2, 0.25) is 0 Å². The molecule has 2 aliphatic rings. The molecule has 1 aliphatic carbocycles. The number of aliphatic hydroxyl groups excluding tert-OH is 1. The number of aliphatic hydroxyl groups is 1. The average Bonchev–Trinajstić information content (AvgIpc) is 3.30. The number of hydrogen-bond acceptors (Lipinski definition) is 3. The SMILES string of the molecule is OCCC(c1ccccc1F)N1C=C(Br)C=NC1C1CC1. The molecule has 1 heterocycles. The van der Waals surface area contributed by atoms with E-state index in [4.69, 9.17) is 0 Å². The van der Waals surface area contributed by atoms with Gasteiger partial charge in [-0.2, -0.15) is 0 Å².